The fourth-order valence-corrected chi connectivity index (χ4v) is 5.36. The van der Waals surface area contributed by atoms with Crippen LogP contribution in [0.5, 0.6) is 0 Å². The lowest BCUT2D eigenvalue weighted by Gasteiger charge is -2.36. The third kappa shape index (κ3) is 4.12. The predicted molar refractivity (Wildman–Crippen MR) is 142 cm³/mol. The number of carbonyl (C=O) groups excluding carboxylic acids is 1. The molecular formula is C29H29N5O2. The SMILES string of the molecule is O=C(c1[nH]c(=O)n(-c2ccc3c(c2)NCC3)c1-c1ccccc1)N1CCNC[C@H]1Cc1ccccc1. The average Bonchev–Trinajstić information content (AvgIpc) is 3.53. The number of imidazole rings is 1. The van der Waals surface area contributed by atoms with Crippen molar-refractivity contribution in [3.05, 3.63) is 106 Å². The Kier molecular flexibility index (Phi) is 5.91. The molecule has 7 heteroatoms. The van der Waals surface area contributed by atoms with Gasteiger partial charge in [-0.3, -0.25) is 9.36 Å². The molecule has 3 heterocycles. The Morgan fingerprint density at radius 1 is 0.944 bits per heavy atom. The number of aromatic nitrogens is 2. The zero-order valence-electron chi connectivity index (χ0n) is 20.0. The molecule has 3 aromatic carbocycles. The summed E-state index contributed by atoms with van der Waals surface area (Å²) < 4.78 is 1.64. The summed E-state index contributed by atoms with van der Waals surface area (Å²) in [5.41, 5.74) is 5.64. The molecule has 1 amide bonds. The van der Waals surface area contributed by atoms with E-state index in [1.165, 1.54) is 11.1 Å². The Balaban J connectivity index is 1.44. The van der Waals surface area contributed by atoms with E-state index in [0.29, 0.717) is 24.5 Å². The van der Waals surface area contributed by atoms with Crippen LogP contribution in [-0.4, -0.2) is 52.6 Å². The van der Waals surface area contributed by atoms with Crippen molar-refractivity contribution in [2.45, 2.75) is 18.9 Å². The lowest BCUT2D eigenvalue weighted by atomic mass is 10.0. The topological polar surface area (TPSA) is 82.2 Å². The van der Waals surface area contributed by atoms with E-state index in [2.05, 4.69) is 33.8 Å². The summed E-state index contributed by atoms with van der Waals surface area (Å²) in [4.78, 5) is 32.3. The minimum Gasteiger partial charge on any atom is -0.384 e. The number of H-pyrrole nitrogens is 1. The van der Waals surface area contributed by atoms with E-state index in [1.54, 1.807) is 4.57 Å². The second kappa shape index (κ2) is 9.51. The highest BCUT2D eigenvalue weighted by molar-refractivity contribution is 5.99. The molecule has 4 aromatic rings. The van der Waals surface area contributed by atoms with Gasteiger partial charge in [0.05, 0.1) is 11.4 Å². The zero-order valence-corrected chi connectivity index (χ0v) is 20.0. The standard InChI is InChI=1S/C29H29N5O2/c35-28(33-16-15-30-19-24(33)17-20-7-3-1-4-8-20)26-27(22-9-5-2-6-10-22)34(29(36)32-26)23-12-11-21-13-14-31-25(21)18-23/h1-12,18,24,30-31H,13-17,19H2,(H,32,36)/t24-/m1/s1. The van der Waals surface area contributed by atoms with Crippen LogP contribution in [0.1, 0.15) is 21.6 Å². The van der Waals surface area contributed by atoms with Crippen LogP contribution < -0.4 is 16.3 Å². The molecule has 0 saturated carbocycles. The van der Waals surface area contributed by atoms with E-state index in [4.69, 9.17) is 0 Å². The molecule has 0 spiro atoms. The van der Waals surface area contributed by atoms with Gasteiger partial charge >= 0.3 is 5.69 Å². The minimum atomic E-state index is -0.315. The molecular weight excluding hydrogens is 450 g/mol. The molecule has 36 heavy (non-hydrogen) atoms. The molecule has 182 valence electrons. The van der Waals surface area contributed by atoms with E-state index >= 15 is 0 Å². The van der Waals surface area contributed by atoms with Gasteiger partial charge in [0.2, 0.25) is 0 Å². The molecule has 0 radical (unpaired) electrons. The Morgan fingerprint density at radius 2 is 1.72 bits per heavy atom. The van der Waals surface area contributed by atoms with E-state index in [9.17, 15) is 9.59 Å². The van der Waals surface area contributed by atoms with Crippen molar-refractivity contribution in [3.63, 3.8) is 0 Å². The summed E-state index contributed by atoms with van der Waals surface area (Å²) in [5, 5.41) is 6.82. The van der Waals surface area contributed by atoms with Crippen LogP contribution in [0.25, 0.3) is 16.9 Å². The van der Waals surface area contributed by atoms with Gasteiger partial charge in [0.1, 0.15) is 5.69 Å². The zero-order chi connectivity index (χ0) is 24.5. The fraction of sp³-hybridized carbons (Fsp3) is 0.241. The van der Waals surface area contributed by atoms with Crippen LogP contribution in [-0.2, 0) is 12.8 Å². The summed E-state index contributed by atoms with van der Waals surface area (Å²) in [7, 11) is 0. The third-order valence-electron chi connectivity index (χ3n) is 7.14. The van der Waals surface area contributed by atoms with Gasteiger partial charge in [-0.25, -0.2) is 4.79 Å². The number of amides is 1. The molecule has 1 atom stereocenters. The number of hydrogen-bond acceptors (Lipinski definition) is 4. The highest BCUT2D eigenvalue weighted by Gasteiger charge is 2.32. The van der Waals surface area contributed by atoms with Crippen molar-refractivity contribution < 1.29 is 4.79 Å². The second-order valence-electron chi connectivity index (χ2n) is 9.42. The quantitative estimate of drug-likeness (QED) is 0.410. The normalized spacial score (nSPS) is 17.0. The lowest BCUT2D eigenvalue weighted by molar-refractivity contribution is 0.0631. The van der Waals surface area contributed by atoms with Crippen LogP contribution in [0.3, 0.4) is 0 Å². The first-order chi connectivity index (χ1) is 17.7. The predicted octanol–water partition coefficient (Wildman–Crippen LogP) is 3.46. The summed E-state index contributed by atoms with van der Waals surface area (Å²) in [6.07, 6.45) is 1.72. The molecule has 0 bridgehead atoms. The molecule has 2 aliphatic heterocycles. The number of carbonyl (C=O) groups is 1. The number of rotatable bonds is 5. The monoisotopic (exact) mass is 479 g/mol. The minimum absolute atomic E-state index is 0.00619. The fourth-order valence-electron chi connectivity index (χ4n) is 5.36. The molecule has 1 saturated heterocycles. The van der Waals surface area contributed by atoms with Crippen LogP contribution in [0.2, 0.25) is 0 Å². The highest BCUT2D eigenvalue weighted by atomic mass is 16.2. The number of fused-ring (bicyclic) bond motifs is 1. The van der Waals surface area contributed by atoms with Gasteiger partial charge in [-0.2, -0.15) is 0 Å². The largest absolute Gasteiger partial charge is 0.384 e. The highest BCUT2D eigenvalue weighted by Crippen LogP contribution is 2.30. The van der Waals surface area contributed by atoms with Crippen LogP contribution >= 0.6 is 0 Å². The van der Waals surface area contributed by atoms with E-state index in [1.807, 2.05) is 65.6 Å². The number of anilines is 1. The van der Waals surface area contributed by atoms with Gasteiger partial charge in [-0.15, -0.1) is 0 Å². The van der Waals surface area contributed by atoms with Crippen molar-refractivity contribution in [1.82, 2.24) is 19.8 Å². The first-order valence-corrected chi connectivity index (χ1v) is 12.5. The smallest absolute Gasteiger partial charge is 0.331 e. The Hall–Kier alpha value is -4.10. The van der Waals surface area contributed by atoms with E-state index in [-0.39, 0.29) is 17.6 Å². The van der Waals surface area contributed by atoms with Gasteiger partial charge in [-0.1, -0.05) is 66.7 Å². The maximum atomic E-state index is 14.1. The molecule has 7 nitrogen and oxygen atoms in total. The summed E-state index contributed by atoms with van der Waals surface area (Å²) >= 11 is 0. The van der Waals surface area contributed by atoms with Crippen molar-refractivity contribution >= 4 is 11.6 Å². The summed E-state index contributed by atoms with van der Waals surface area (Å²) in [6, 6.07) is 25.9. The number of hydrogen-bond donors (Lipinski definition) is 3. The molecule has 1 aromatic heterocycles. The van der Waals surface area contributed by atoms with Gasteiger partial charge in [0.25, 0.3) is 5.91 Å². The average molecular weight is 480 g/mol. The second-order valence-corrected chi connectivity index (χ2v) is 9.42. The Labute approximate surface area is 209 Å². The van der Waals surface area contributed by atoms with Gasteiger partial charge in [0, 0.05) is 43.5 Å². The molecule has 0 aliphatic carbocycles. The number of benzene rings is 3. The molecule has 2 aliphatic rings. The number of nitrogens with one attached hydrogen (secondary N) is 3. The number of nitrogens with zero attached hydrogens (tertiary/aromatic N) is 2. The van der Waals surface area contributed by atoms with Crippen LogP contribution in [0, 0.1) is 0 Å². The lowest BCUT2D eigenvalue weighted by Crippen LogP contribution is -2.54. The first kappa shape index (κ1) is 22.4. The number of piperazine rings is 1. The van der Waals surface area contributed by atoms with Crippen molar-refractivity contribution in [2.24, 2.45) is 0 Å². The summed E-state index contributed by atoms with van der Waals surface area (Å²) in [5.74, 6) is -0.147. The van der Waals surface area contributed by atoms with Crippen molar-refractivity contribution in [3.8, 4) is 16.9 Å². The van der Waals surface area contributed by atoms with Gasteiger partial charge in [-0.05, 0) is 36.1 Å². The van der Waals surface area contributed by atoms with Crippen molar-refractivity contribution in [2.75, 3.05) is 31.5 Å². The third-order valence-corrected chi connectivity index (χ3v) is 7.14. The molecule has 6 rings (SSSR count). The van der Waals surface area contributed by atoms with Crippen LogP contribution in [0.15, 0.2) is 83.7 Å². The first-order valence-electron chi connectivity index (χ1n) is 12.5. The Bertz CT molecular complexity index is 1440. The maximum Gasteiger partial charge on any atom is 0.331 e. The van der Waals surface area contributed by atoms with Gasteiger partial charge < -0.3 is 20.5 Å². The van der Waals surface area contributed by atoms with Crippen LogP contribution in [0.4, 0.5) is 5.69 Å². The van der Waals surface area contributed by atoms with Crippen molar-refractivity contribution in [1.29, 1.82) is 0 Å². The molecule has 0 unspecified atom stereocenters. The Morgan fingerprint density at radius 3 is 2.53 bits per heavy atom. The number of aromatic amines is 1. The molecule has 1 fully saturated rings. The van der Waals surface area contributed by atoms with E-state index < -0.39 is 0 Å². The van der Waals surface area contributed by atoms with Gasteiger partial charge in [0.15, 0.2) is 0 Å². The summed E-state index contributed by atoms with van der Waals surface area (Å²) in [6.45, 7) is 2.91. The molecule has 3 N–H and O–H groups in total. The maximum absolute atomic E-state index is 14.1. The van der Waals surface area contributed by atoms with E-state index in [0.717, 1.165) is 42.9 Å².